The molecule has 3 aliphatic carbocycles. The summed E-state index contributed by atoms with van der Waals surface area (Å²) in [6, 6.07) is 0. The summed E-state index contributed by atoms with van der Waals surface area (Å²) in [6.07, 6.45) is 7.89. The fourth-order valence-electron chi connectivity index (χ4n) is 4.41. The zero-order chi connectivity index (χ0) is 7.42. The number of rotatable bonds is 0. The molecule has 0 radical (unpaired) electrons. The number of hydrogen-bond donors (Lipinski definition) is 0. The molecule has 0 heterocycles. The van der Waals surface area contributed by atoms with Gasteiger partial charge in [-0.05, 0) is 55.3 Å². The van der Waals surface area contributed by atoms with Crippen LogP contribution in [-0.4, -0.2) is 0 Å². The van der Waals surface area contributed by atoms with Gasteiger partial charge in [0.2, 0.25) is 0 Å². The van der Waals surface area contributed by atoms with Crippen LogP contribution in [0.25, 0.3) is 0 Å². The summed E-state index contributed by atoms with van der Waals surface area (Å²) in [5, 5.41) is 0. The molecule has 3 saturated carbocycles. The Morgan fingerprint density at radius 2 is 1.73 bits per heavy atom. The second-order valence-corrected chi connectivity index (χ2v) is 5.13. The summed E-state index contributed by atoms with van der Waals surface area (Å²) >= 11 is 0. The standard InChI is InChI=1S/C11H18/c1-7-5-8-6-11(7)10-4-2-3-9(8)10/h7-11H,2-6H2,1H3/t7?,8?,9-,10-,11?/m1/s1. The first-order valence-corrected chi connectivity index (χ1v) is 5.36. The first-order chi connectivity index (χ1) is 5.36. The third-order valence-electron chi connectivity index (χ3n) is 4.76. The second-order valence-electron chi connectivity index (χ2n) is 5.13. The minimum atomic E-state index is 1.08. The highest BCUT2D eigenvalue weighted by Gasteiger charge is 2.52. The molecule has 0 spiro atoms. The number of fused-ring (bicyclic) bond motifs is 5. The quantitative estimate of drug-likeness (QED) is 0.498. The van der Waals surface area contributed by atoms with Crippen LogP contribution in [0.5, 0.6) is 0 Å². The van der Waals surface area contributed by atoms with Gasteiger partial charge in [-0.1, -0.05) is 13.3 Å². The molecule has 0 aromatic heterocycles. The van der Waals surface area contributed by atoms with Crippen LogP contribution in [0.15, 0.2) is 0 Å². The van der Waals surface area contributed by atoms with E-state index in [-0.39, 0.29) is 0 Å². The molecular weight excluding hydrogens is 132 g/mol. The molecule has 0 heteroatoms. The maximum absolute atomic E-state index is 2.49. The maximum atomic E-state index is 2.49. The SMILES string of the molecule is CC1CC2CC1[C@@H]1CCC[C@H]21. The van der Waals surface area contributed by atoms with E-state index in [0.29, 0.717) is 0 Å². The summed E-state index contributed by atoms with van der Waals surface area (Å²) in [5.41, 5.74) is 0. The molecule has 0 nitrogen and oxygen atoms in total. The van der Waals surface area contributed by atoms with Crippen LogP contribution in [0, 0.1) is 29.6 Å². The van der Waals surface area contributed by atoms with Gasteiger partial charge >= 0.3 is 0 Å². The van der Waals surface area contributed by atoms with Crippen LogP contribution in [0.1, 0.15) is 39.0 Å². The fourth-order valence-corrected chi connectivity index (χ4v) is 4.41. The Morgan fingerprint density at radius 3 is 2.64 bits per heavy atom. The van der Waals surface area contributed by atoms with Crippen molar-refractivity contribution in [1.29, 1.82) is 0 Å². The Labute approximate surface area is 69.4 Å². The largest absolute Gasteiger partial charge is 0.0622 e. The molecular formula is C11H18. The van der Waals surface area contributed by atoms with Crippen molar-refractivity contribution in [3.63, 3.8) is 0 Å². The van der Waals surface area contributed by atoms with Crippen molar-refractivity contribution in [2.45, 2.75) is 39.0 Å². The van der Waals surface area contributed by atoms with Gasteiger partial charge in [0.05, 0.1) is 0 Å². The van der Waals surface area contributed by atoms with Gasteiger partial charge in [-0.15, -0.1) is 0 Å². The van der Waals surface area contributed by atoms with Gasteiger partial charge in [0.25, 0.3) is 0 Å². The minimum absolute atomic E-state index is 1.08. The Hall–Kier alpha value is 0. The van der Waals surface area contributed by atoms with E-state index in [9.17, 15) is 0 Å². The summed E-state index contributed by atoms with van der Waals surface area (Å²) in [6.45, 7) is 2.49. The molecule has 0 aliphatic heterocycles. The lowest BCUT2D eigenvalue weighted by Gasteiger charge is -2.29. The van der Waals surface area contributed by atoms with Crippen LogP contribution in [-0.2, 0) is 0 Å². The van der Waals surface area contributed by atoms with Crippen molar-refractivity contribution in [2.24, 2.45) is 29.6 Å². The van der Waals surface area contributed by atoms with Crippen molar-refractivity contribution >= 4 is 0 Å². The van der Waals surface area contributed by atoms with E-state index in [0.717, 1.165) is 11.8 Å². The lowest BCUT2D eigenvalue weighted by atomic mass is 9.77. The molecule has 3 fully saturated rings. The van der Waals surface area contributed by atoms with E-state index in [4.69, 9.17) is 0 Å². The van der Waals surface area contributed by atoms with Crippen molar-refractivity contribution in [3.05, 3.63) is 0 Å². The maximum Gasteiger partial charge on any atom is -0.0352 e. The summed E-state index contributed by atoms with van der Waals surface area (Å²) in [7, 11) is 0. The Balaban J connectivity index is 1.90. The molecule has 62 valence electrons. The Kier molecular flexibility index (Phi) is 1.20. The van der Waals surface area contributed by atoms with Gasteiger partial charge in [-0.3, -0.25) is 0 Å². The van der Waals surface area contributed by atoms with Crippen LogP contribution < -0.4 is 0 Å². The normalized spacial score (nSPS) is 60.3. The van der Waals surface area contributed by atoms with Gasteiger partial charge in [-0.25, -0.2) is 0 Å². The van der Waals surface area contributed by atoms with Crippen molar-refractivity contribution in [1.82, 2.24) is 0 Å². The second kappa shape index (κ2) is 2.02. The molecule has 3 rings (SSSR count). The zero-order valence-corrected chi connectivity index (χ0v) is 7.42. The zero-order valence-electron chi connectivity index (χ0n) is 7.42. The lowest BCUT2D eigenvalue weighted by Crippen LogP contribution is -2.22. The third-order valence-corrected chi connectivity index (χ3v) is 4.76. The Morgan fingerprint density at radius 1 is 0.909 bits per heavy atom. The van der Waals surface area contributed by atoms with Crippen molar-refractivity contribution in [3.8, 4) is 0 Å². The highest BCUT2D eigenvalue weighted by atomic mass is 14.6. The summed E-state index contributed by atoms with van der Waals surface area (Å²) < 4.78 is 0. The van der Waals surface area contributed by atoms with Crippen LogP contribution >= 0.6 is 0 Å². The average molecular weight is 150 g/mol. The van der Waals surface area contributed by atoms with E-state index in [2.05, 4.69) is 6.92 Å². The van der Waals surface area contributed by atoms with Crippen LogP contribution in [0.4, 0.5) is 0 Å². The fraction of sp³-hybridized carbons (Fsp3) is 1.00. The van der Waals surface area contributed by atoms with Gasteiger partial charge in [-0.2, -0.15) is 0 Å². The van der Waals surface area contributed by atoms with E-state index >= 15 is 0 Å². The lowest BCUT2D eigenvalue weighted by molar-refractivity contribution is 0.201. The van der Waals surface area contributed by atoms with Crippen molar-refractivity contribution in [2.75, 3.05) is 0 Å². The molecule has 5 atom stereocenters. The van der Waals surface area contributed by atoms with E-state index in [1.807, 2.05) is 0 Å². The first-order valence-electron chi connectivity index (χ1n) is 5.36. The van der Waals surface area contributed by atoms with Gasteiger partial charge < -0.3 is 0 Å². The van der Waals surface area contributed by atoms with Crippen LogP contribution in [0.3, 0.4) is 0 Å². The molecule has 0 amide bonds. The predicted octanol–water partition coefficient (Wildman–Crippen LogP) is 3.08. The third kappa shape index (κ3) is 0.711. The van der Waals surface area contributed by atoms with Crippen LogP contribution in [0.2, 0.25) is 0 Å². The molecule has 2 bridgehead atoms. The highest BCUT2D eigenvalue weighted by molar-refractivity contribution is 5.01. The van der Waals surface area contributed by atoms with Gasteiger partial charge in [0.15, 0.2) is 0 Å². The average Bonchev–Trinajstić information content (AvgIpc) is 2.52. The molecule has 3 unspecified atom stereocenters. The Bertz CT molecular complexity index is 173. The van der Waals surface area contributed by atoms with E-state index in [1.165, 1.54) is 17.8 Å². The molecule has 0 aromatic rings. The molecule has 3 aliphatic rings. The van der Waals surface area contributed by atoms with E-state index in [1.54, 1.807) is 32.1 Å². The highest BCUT2D eigenvalue weighted by Crippen LogP contribution is 2.60. The molecule has 0 aromatic carbocycles. The van der Waals surface area contributed by atoms with Gasteiger partial charge in [0, 0.05) is 0 Å². The van der Waals surface area contributed by atoms with E-state index < -0.39 is 0 Å². The predicted molar refractivity (Wildman–Crippen MR) is 46.2 cm³/mol. The first kappa shape index (κ1) is 6.51. The summed E-state index contributed by atoms with van der Waals surface area (Å²) in [5.74, 6) is 5.79. The minimum Gasteiger partial charge on any atom is -0.0622 e. The monoisotopic (exact) mass is 150 g/mol. The molecule has 11 heavy (non-hydrogen) atoms. The van der Waals surface area contributed by atoms with Crippen molar-refractivity contribution < 1.29 is 0 Å². The summed E-state index contributed by atoms with van der Waals surface area (Å²) in [4.78, 5) is 0. The number of hydrogen-bond acceptors (Lipinski definition) is 0. The molecule has 0 saturated heterocycles. The molecule has 0 N–H and O–H groups in total. The van der Waals surface area contributed by atoms with Gasteiger partial charge in [0.1, 0.15) is 0 Å². The topological polar surface area (TPSA) is 0 Å². The smallest absolute Gasteiger partial charge is 0.0352 e.